The van der Waals surface area contributed by atoms with E-state index in [1.54, 1.807) is 18.9 Å². The Morgan fingerprint density at radius 2 is 2.20 bits per heavy atom. The molecule has 3 rings (SSSR count). The quantitative estimate of drug-likeness (QED) is 0.533. The van der Waals surface area contributed by atoms with Crippen molar-refractivity contribution in [3.63, 3.8) is 0 Å². The first-order valence-corrected chi connectivity index (χ1v) is 9.74. The highest BCUT2D eigenvalue weighted by Gasteiger charge is 2.19. The molecule has 1 aromatic carbocycles. The zero-order valence-corrected chi connectivity index (χ0v) is 15.8. The van der Waals surface area contributed by atoms with Gasteiger partial charge in [-0.05, 0) is 31.0 Å². The Morgan fingerprint density at radius 3 is 2.92 bits per heavy atom. The molecular formula is C19H26N4OS. The second-order valence-electron chi connectivity index (χ2n) is 6.45. The molecule has 6 heteroatoms. The summed E-state index contributed by atoms with van der Waals surface area (Å²) in [5.74, 6) is 3.48. The zero-order chi connectivity index (χ0) is 17.6. The molecule has 0 amide bonds. The van der Waals surface area contributed by atoms with Crippen molar-refractivity contribution >= 4 is 11.8 Å². The van der Waals surface area contributed by atoms with Crippen molar-refractivity contribution < 1.29 is 4.74 Å². The van der Waals surface area contributed by atoms with Gasteiger partial charge < -0.3 is 9.64 Å². The average molecular weight is 359 g/mol. The van der Waals surface area contributed by atoms with Crippen LogP contribution in [0.1, 0.15) is 13.3 Å². The van der Waals surface area contributed by atoms with Gasteiger partial charge >= 0.3 is 0 Å². The molecular weight excluding hydrogens is 332 g/mol. The number of para-hydroxylation sites is 1. The largest absolute Gasteiger partial charge is 0.496 e. The van der Waals surface area contributed by atoms with Crippen LogP contribution in [0.3, 0.4) is 0 Å². The van der Waals surface area contributed by atoms with Crippen LogP contribution in [0.25, 0.3) is 11.4 Å². The normalized spacial score (nSPS) is 17.8. The van der Waals surface area contributed by atoms with Crippen LogP contribution in [-0.4, -0.2) is 52.2 Å². The SMILES string of the molecule is C=CCn1c(SCCN2CC[C@@H](C)C2)nnc1-c1ccccc1OC. The monoisotopic (exact) mass is 358 g/mol. The van der Waals surface area contributed by atoms with E-state index in [2.05, 4.69) is 33.2 Å². The Hall–Kier alpha value is -1.79. The smallest absolute Gasteiger partial charge is 0.191 e. The average Bonchev–Trinajstić information content (AvgIpc) is 3.22. The van der Waals surface area contributed by atoms with E-state index in [0.717, 1.165) is 40.5 Å². The van der Waals surface area contributed by atoms with E-state index < -0.39 is 0 Å². The van der Waals surface area contributed by atoms with E-state index in [0.29, 0.717) is 6.54 Å². The highest BCUT2D eigenvalue weighted by molar-refractivity contribution is 7.99. The number of benzene rings is 1. The van der Waals surface area contributed by atoms with Gasteiger partial charge in [-0.25, -0.2) is 0 Å². The molecule has 2 heterocycles. The summed E-state index contributed by atoms with van der Waals surface area (Å²) < 4.78 is 7.59. The van der Waals surface area contributed by atoms with E-state index in [-0.39, 0.29) is 0 Å². The molecule has 1 aromatic heterocycles. The van der Waals surface area contributed by atoms with Crippen LogP contribution in [0, 0.1) is 5.92 Å². The lowest BCUT2D eigenvalue weighted by Crippen LogP contribution is -2.23. The minimum Gasteiger partial charge on any atom is -0.496 e. The molecule has 1 aliphatic rings. The molecule has 0 saturated carbocycles. The lowest BCUT2D eigenvalue weighted by Gasteiger charge is -2.15. The molecule has 1 aliphatic heterocycles. The number of rotatable bonds is 8. The Labute approximate surface area is 154 Å². The van der Waals surface area contributed by atoms with Crippen LogP contribution in [0.5, 0.6) is 5.75 Å². The number of aromatic nitrogens is 3. The van der Waals surface area contributed by atoms with Gasteiger partial charge in [-0.2, -0.15) is 0 Å². The Bertz CT molecular complexity index is 715. The number of allylic oxidation sites excluding steroid dienone is 1. The summed E-state index contributed by atoms with van der Waals surface area (Å²) in [7, 11) is 1.68. The van der Waals surface area contributed by atoms with Crippen molar-refractivity contribution in [2.24, 2.45) is 5.92 Å². The van der Waals surface area contributed by atoms with E-state index >= 15 is 0 Å². The molecule has 0 spiro atoms. The van der Waals surface area contributed by atoms with E-state index in [1.807, 2.05) is 30.3 Å². The molecule has 5 nitrogen and oxygen atoms in total. The van der Waals surface area contributed by atoms with Gasteiger partial charge in [0.05, 0.1) is 12.7 Å². The molecule has 0 radical (unpaired) electrons. The molecule has 25 heavy (non-hydrogen) atoms. The lowest BCUT2D eigenvalue weighted by atomic mass is 10.2. The highest BCUT2D eigenvalue weighted by Crippen LogP contribution is 2.31. The summed E-state index contributed by atoms with van der Waals surface area (Å²) >= 11 is 1.76. The third-order valence-electron chi connectivity index (χ3n) is 4.52. The highest BCUT2D eigenvalue weighted by atomic mass is 32.2. The maximum atomic E-state index is 5.48. The van der Waals surface area contributed by atoms with Gasteiger partial charge in [-0.1, -0.05) is 36.9 Å². The molecule has 0 N–H and O–H groups in total. The van der Waals surface area contributed by atoms with E-state index in [9.17, 15) is 0 Å². The molecule has 0 unspecified atom stereocenters. The summed E-state index contributed by atoms with van der Waals surface area (Å²) in [6, 6.07) is 7.92. The van der Waals surface area contributed by atoms with E-state index in [1.165, 1.54) is 19.5 Å². The number of thioether (sulfide) groups is 1. The minimum atomic E-state index is 0.684. The Morgan fingerprint density at radius 1 is 1.36 bits per heavy atom. The fourth-order valence-electron chi connectivity index (χ4n) is 3.21. The van der Waals surface area contributed by atoms with Gasteiger partial charge in [-0.15, -0.1) is 16.8 Å². The first-order chi connectivity index (χ1) is 12.2. The van der Waals surface area contributed by atoms with Crippen molar-refractivity contribution in [3.05, 3.63) is 36.9 Å². The number of ether oxygens (including phenoxy) is 1. The Kier molecular flexibility index (Phi) is 6.15. The topological polar surface area (TPSA) is 43.2 Å². The standard InChI is InChI=1S/C19H26N4OS/c1-4-10-23-18(16-7-5-6-8-17(16)24-3)20-21-19(23)25-13-12-22-11-9-15(2)14-22/h4-8,15H,1,9-14H2,2-3H3/t15-/m1/s1. The number of nitrogens with zero attached hydrogens (tertiary/aromatic N) is 4. The van der Waals surface area contributed by atoms with Crippen molar-refractivity contribution in [2.75, 3.05) is 32.5 Å². The predicted molar refractivity (Wildman–Crippen MR) is 103 cm³/mol. The summed E-state index contributed by atoms with van der Waals surface area (Å²) in [6.07, 6.45) is 3.20. The minimum absolute atomic E-state index is 0.684. The van der Waals surface area contributed by atoms with Crippen LogP contribution in [0.4, 0.5) is 0 Å². The Balaban J connectivity index is 1.74. The molecule has 0 aliphatic carbocycles. The maximum Gasteiger partial charge on any atom is 0.191 e. The molecule has 0 bridgehead atoms. The van der Waals surface area contributed by atoms with Gasteiger partial charge in [0.2, 0.25) is 0 Å². The number of hydrogen-bond acceptors (Lipinski definition) is 5. The third kappa shape index (κ3) is 4.25. The number of hydrogen-bond donors (Lipinski definition) is 0. The second kappa shape index (κ2) is 8.54. The van der Waals surface area contributed by atoms with Crippen LogP contribution in [0.15, 0.2) is 42.1 Å². The molecule has 2 aromatic rings. The van der Waals surface area contributed by atoms with Crippen LogP contribution < -0.4 is 4.74 Å². The fourth-order valence-corrected chi connectivity index (χ4v) is 4.16. The van der Waals surface area contributed by atoms with Crippen LogP contribution in [0.2, 0.25) is 0 Å². The fraction of sp³-hybridized carbons (Fsp3) is 0.474. The molecule has 1 saturated heterocycles. The second-order valence-corrected chi connectivity index (χ2v) is 7.51. The first-order valence-electron chi connectivity index (χ1n) is 8.75. The third-order valence-corrected chi connectivity index (χ3v) is 5.47. The summed E-state index contributed by atoms with van der Waals surface area (Å²) in [5, 5.41) is 9.78. The summed E-state index contributed by atoms with van der Waals surface area (Å²) in [4.78, 5) is 2.53. The van der Waals surface area contributed by atoms with Gasteiger partial charge in [0.1, 0.15) is 5.75 Å². The van der Waals surface area contributed by atoms with Crippen LogP contribution >= 0.6 is 11.8 Å². The van der Waals surface area contributed by atoms with E-state index in [4.69, 9.17) is 4.74 Å². The van der Waals surface area contributed by atoms with Crippen LogP contribution in [-0.2, 0) is 6.54 Å². The van der Waals surface area contributed by atoms with Crippen molar-refractivity contribution in [1.29, 1.82) is 0 Å². The van der Waals surface area contributed by atoms with Gasteiger partial charge in [0.15, 0.2) is 11.0 Å². The number of methoxy groups -OCH3 is 1. The zero-order valence-electron chi connectivity index (χ0n) is 15.0. The number of likely N-dealkylation sites (tertiary alicyclic amines) is 1. The van der Waals surface area contributed by atoms with Gasteiger partial charge in [-0.3, -0.25) is 4.57 Å². The lowest BCUT2D eigenvalue weighted by molar-refractivity contribution is 0.349. The van der Waals surface area contributed by atoms with Crippen molar-refractivity contribution in [3.8, 4) is 17.1 Å². The first kappa shape index (κ1) is 18.0. The summed E-state index contributed by atoms with van der Waals surface area (Å²) in [6.45, 7) is 10.4. The van der Waals surface area contributed by atoms with Crippen molar-refractivity contribution in [1.82, 2.24) is 19.7 Å². The van der Waals surface area contributed by atoms with Crippen molar-refractivity contribution in [2.45, 2.75) is 25.0 Å². The molecule has 1 fully saturated rings. The van der Waals surface area contributed by atoms with Gasteiger partial charge in [0, 0.05) is 25.4 Å². The molecule has 1 atom stereocenters. The maximum absolute atomic E-state index is 5.48. The predicted octanol–water partition coefficient (Wildman–Crippen LogP) is 3.57. The molecule has 134 valence electrons. The summed E-state index contributed by atoms with van der Waals surface area (Å²) in [5.41, 5.74) is 0.958. The van der Waals surface area contributed by atoms with Gasteiger partial charge in [0.25, 0.3) is 0 Å².